The maximum absolute atomic E-state index is 15.0. The fourth-order valence-corrected chi connectivity index (χ4v) is 4.82. The number of fused-ring (bicyclic) bond motifs is 1. The molecule has 0 amide bonds. The van der Waals surface area contributed by atoms with Crippen LogP contribution >= 0.6 is 0 Å². The number of carbonyl (C=O) groups is 1. The van der Waals surface area contributed by atoms with Gasteiger partial charge in [-0.3, -0.25) is 4.90 Å². The highest BCUT2D eigenvalue weighted by atomic mass is 19.3. The van der Waals surface area contributed by atoms with Gasteiger partial charge in [0.1, 0.15) is 11.4 Å². The molecule has 2 aromatic rings. The monoisotopic (exact) mass is 448 g/mol. The van der Waals surface area contributed by atoms with Crippen molar-refractivity contribution >= 4 is 11.7 Å². The number of likely N-dealkylation sites (tertiary alicyclic amines) is 1. The van der Waals surface area contributed by atoms with Crippen molar-refractivity contribution < 1.29 is 27.8 Å². The van der Waals surface area contributed by atoms with E-state index in [1.165, 1.54) is 19.2 Å². The van der Waals surface area contributed by atoms with Gasteiger partial charge in [0.05, 0.1) is 24.8 Å². The lowest BCUT2D eigenvalue weighted by atomic mass is 9.85. The maximum atomic E-state index is 15.0. The Kier molecular flexibility index (Phi) is 5.61. The Balaban J connectivity index is 1.74. The van der Waals surface area contributed by atoms with E-state index in [2.05, 4.69) is 5.32 Å². The number of piperidine rings is 1. The Morgan fingerprint density at radius 3 is 2.59 bits per heavy atom. The zero-order valence-electron chi connectivity index (χ0n) is 18.3. The summed E-state index contributed by atoms with van der Waals surface area (Å²) in [4.78, 5) is 13.2. The van der Waals surface area contributed by atoms with E-state index >= 15 is 0 Å². The number of ether oxygens (including phenoxy) is 1. The van der Waals surface area contributed by atoms with E-state index < -0.39 is 24.1 Å². The number of nitrogens with zero attached hydrogens (tertiary/aromatic N) is 1. The second-order valence-electron chi connectivity index (χ2n) is 8.96. The lowest BCUT2D eigenvalue weighted by molar-refractivity contribution is 0.0102. The van der Waals surface area contributed by atoms with Gasteiger partial charge in [0.2, 0.25) is 0 Å². The van der Waals surface area contributed by atoms with Crippen LogP contribution in [0.25, 0.3) is 0 Å². The number of hydrogen-bond donors (Lipinski definition) is 2. The molecule has 1 fully saturated rings. The second-order valence-corrected chi connectivity index (χ2v) is 8.96. The van der Waals surface area contributed by atoms with E-state index in [0.717, 1.165) is 5.56 Å². The van der Waals surface area contributed by atoms with Gasteiger partial charge in [-0.05, 0) is 49.6 Å². The van der Waals surface area contributed by atoms with Crippen molar-refractivity contribution in [2.45, 2.75) is 50.9 Å². The van der Waals surface area contributed by atoms with Crippen LogP contribution in [0.3, 0.4) is 0 Å². The molecule has 1 unspecified atom stereocenters. The minimum absolute atomic E-state index is 0.0529. The number of aryl methyl sites for hydroxylation is 1. The number of carboxylic acids is 1. The first-order valence-electron chi connectivity index (χ1n) is 10.6. The molecule has 0 aliphatic carbocycles. The molecule has 2 aromatic carbocycles. The van der Waals surface area contributed by atoms with Crippen molar-refractivity contribution in [2.75, 3.05) is 25.5 Å². The Morgan fingerprint density at radius 1 is 1.28 bits per heavy atom. The highest BCUT2D eigenvalue weighted by molar-refractivity contribution is 5.87. The van der Waals surface area contributed by atoms with Crippen LogP contribution < -0.4 is 10.1 Å². The molecule has 5 nitrogen and oxygen atoms in total. The molecule has 0 spiro atoms. The number of alkyl halides is 3. The molecular weight excluding hydrogens is 421 g/mol. The summed E-state index contributed by atoms with van der Waals surface area (Å²) in [5.41, 5.74) is 0.959. The zero-order valence-corrected chi connectivity index (χ0v) is 18.3. The van der Waals surface area contributed by atoms with Gasteiger partial charge in [-0.25, -0.2) is 9.18 Å². The number of aromatic carboxylic acids is 1. The largest absolute Gasteiger partial charge is 0.496 e. The molecule has 2 N–H and O–H groups in total. The molecule has 2 atom stereocenters. The SMILES string of the molecule is COc1cc(C)c2c(c1CN1CCC(C)(F)C[C@H]1c1ccc(C(=O)O)cc1)C(F)(F)CN2. The van der Waals surface area contributed by atoms with Crippen molar-refractivity contribution in [3.63, 3.8) is 0 Å². The van der Waals surface area contributed by atoms with Crippen LogP contribution in [0.4, 0.5) is 18.9 Å². The fourth-order valence-electron chi connectivity index (χ4n) is 4.82. The molecule has 2 heterocycles. The van der Waals surface area contributed by atoms with Crippen molar-refractivity contribution in [3.8, 4) is 5.75 Å². The van der Waals surface area contributed by atoms with Gasteiger partial charge in [0.25, 0.3) is 5.92 Å². The van der Waals surface area contributed by atoms with Crippen molar-refractivity contribution in [3.05, 3.63) is 58.1 Å². The Labute approximate surface area is 185 Å². The number of benzene rings is 2. The zero-order chi connectivity index (χ0) is 23.3. The third kappa shape index (κ3) is 4.03. The van der Waals surface area contributed by atoms with Gasteiger partial charge in [-0.1, -0.05) is 12.1 Å². The second kappa shape index (κ2) is 7.99. The summed E-state index contributed by atoms with van der Waals surface area (Å²) in [7, 11) is 1.46. The van der Waals surface area contributed by atoms with Crippen LogP contribution in [-0.4, -0.2) is 41.8 Å². The maximum Gasteiger partial charge on any atom is 0.335 e. The Hall–Kier alpha value is -2.74. The average Bonchev–Trinajstić information content (AvgIpc) is 3.06. The van der Waals surface area contributed by atoms with E-state index in [9.17, 15) is 23.1 Å². The number of hydrogen-bond acceptors (Lipinski definition) is 4. The molecular formula is C24H27F3N2O3. The number of rotatable bonds is 5. The van der Waals surface area contributed by atoms with Gasteiger partial charge in [0, 0.05) is 36.8 Å². The molecule has 4 rings (SSSR count). The van der Waals surface area contributed by atoms with E-state index in [0.29, 0.717) is 29.1 Å². The Bertz CT molecular complexity index is 1040. The van der Waals surface area contributed by atoms with Crippen LogP contribution in [0, 0.1) is 6.92 Å². The Morgan fingerprint density at radius 2 is 1.97 bits per heavy atom. The van der Waals surface area contributed by atoms with Gasteiger partial charge in [0.15, 0.2) is 0 Å². The normalized spacial score (nSPS) is 24.6. The molecule has 0 radical (unpaired) electrons. The van der Waals surface area contributed by atoms with Crippen LogP contribution in [0.1, 0.15) is 58.4 Å². The summed E-state index contributed by atoms with van der Waals surface area (Å²) in [5, 5.41) is 12.0. The molecule has 0 saturated carbocycles. The van der Waals surface area contributed by atoms with Gasteiger partial charge in [-0.2, -0.15) is 8.78 Å². The first-order chi connectivity index (χ1) is 15.0. The molecule has 2 aliphatic rings. The summed E-state index contributed by atoms with van der Waals surface area (Å²) in [5.74, 6) is -3.69. The quantitative estimate of drug-likeness (QED) is 0.651. The van der Waals surface area contributed by atoms with Crippen molar-refractivity contribution in [1.29, 1.82) is 0 Å². The summed E-state index contributed by atoms with van der Waals surface area (Å²) >= 11 is 0. The number of halogens is 3. The first-order valence-corrected chi connectivity index (χ1v) is 10.6. The number of methoxy groups -OCH3 is 1. The summed E-state index contributed by atoms with van der Waals surface area (Å²) in [6.07, 6.45) is 0.464. The van der Waals surface area contributed by atoms with Gasteiger partial charge >= 0.3 is 5.97 Å². The van der Waals surface area contributed by atoms with Crippen molar-refractivity contribution in [1.82, 2.24) is 4.90 Å². The van der Waals surface area contributed by atoms with Crippen LogP contribution in [-0.2, 0) is 12.5 Å². The van der Waals surface area contributed by atoms with E-state index in [1.54, 1.807) is 32.0 Å². The third-order valence-electron chi connectivity index (χ3n) is 6.55. The van der Waals surface area contributed by atoms with Gasteiger partial charge in [-0.15, -0.1) is 0 Å². The van der Waals surface area contributed by atoms with Gasteiger partial charge < -0.3 is 15.2 Å². The first kappa shape index (κ1) is 22.5. The third-order valence-corrected chi connectivity index (χ3v) is 6.55. The minimum Gasteiger partial charge on any atom is -0.496 e. The molecule has 0 aromatic heterocycles. The van der Waals surface area contributed by atoms with Crippen LogP contribution in [0.5, 0.6) is 5.75 Å². The molecule has 2 aliphatic heterocycles. The molecule has 1 saturated heterocycles. The summed E-state index contributed by atoms with van der Waals surface area (Å²) < 4.78 is 50.2. The topological polar surface area (TPSA) is 61.8 Å². The lowest BCUT2D eigenvalue weighted by Crippen LogP contribution is -2.42. The van der Waals surface area contributed by atoms with E-state index in [-0.39, 0.29) is 36.6 Å². The predicted molar refractivity (Wildman–Crippen MR) is 115 cm³/mol. The average molecular weight is 448 g/mol. The predicted octanol–water partition coefficient (Wildman–Crippen LogP) is 5.28. The molecule has 172 valence electrons. The molecule has 8 heteroatoms. The highest BCUT2D eigenvalue weighted by Crippen LogP contribution is 2.48. The fraction of sp³-hybridized carbons (Fsp3) is 0.458. The van der Waals surface area contributed by atoms with Crippen LogP contribution in [0.15, 0.2) is 30.3 Å². The van der Waals surface area contributed by atoms with E-state index in [4.69, 9.17) is 4.74 Å². The minimum atomic E-state index is -3.03. The molecule has 0 bridgehead atoms. The van der Waals surface area contributed by atoms with E-state index in [1.807, 2.05) is 4.90 Å². The van der Waals surface area contributed by atoms with Crippen LogP contribution in [0.2, 0.25) is 0 Å². The molecule has 32 heavy (non-hydrogen) atoms. The number of carboxylic acid groups (broad SMARTS) is 1. The summed E-state index contributed by atoms with van der Waals surface area (Å²) in [6, 6.07) is 7.70. The number of anilines is 1. The standard InChI is InChI=1S/C24H27F3N2O3/c1-14-10-19(32-3)17(20-21(14)28-13-24(20,26)27)12-29-9-8-23(2,25)11-18(29)15-4-6-16(7-5-15)22(30)31/h4-7,10,18,28H,8-9,11-13H2,1-3H3,(H,30,31)/t18-,23?/m0/s1. The van der Waals surface area contributed by atoms with Crippen molar-refractivity contribution in [2.24, 2.45) is 0 Å². The lowest BCUT2D eigenvalue weighted by Gasteiger charge is -2.42. The number of nitrogens with one attached hydrogen (secondary N) is 1. The highest BCUT2D eigenvalue weighted by Gasteiger charge is 2.45. The summed E-state index contributed by atoms with van der Waals surface area (Å²) in [6.45, 7) is 3.40. The smallest absolute Gasteiger partial charge is 0.335 e.